The maximum absolute atomic E-state index is 13.1. The molecule has 0 saturated carbocycles. The van der Waals surface area contributed by atoms with Crippen LogP contribution in [0.3, 0.4) is 0 Å². The van der Waals surface area contributed by atoms with Crippen molar-refractivity contribution in [2.24, 2.45) is 0 Å². The molecule has 6 nitrogen and oxygen atoms in total. The Morgan fingerprint density at radius 1 is 0.552 bits per heavy atom. The molecule has 6 heteroatoms. The largest absolute Gasteiger partial charge is 0.497 e. The third-order valence-electron chi connectivity index (χ3n) is 4.30. The van der Waals surface area contributed by atoms with Crippen LogP contribution in [0.5, 0.6) is 11.5 Å². The predicted octanol–water partition coefficient (Wildman–Crippen LogP) is 3.83. The SMILES string of the molecule is COc1ccc(C(=O)N(C(=O)c2ccccc2)C(=O)c2ccc(OC)cc2)cc1. The Hall–Kier alpha value is -3.93. The van der Waals surface area contributed by atoms with Gasteiger partial charge in [-0.1, -0.05) is 18.2 Å². The van der Waals surface area contributed by atoms with Gasteiger partial charge in [0.15, 0.2) is 0 Å². The van der Waals surface area contributed by atoms with E-state index < -0.39 is 17.7 Å². The van der Waals surface area contributed by atoms with Crippen LogP contribution in [0.25, 0.3) is 0 Å². The molecule has 0 N–H and O–H groups in total. The van der Waals surface area contributed by atoms with Crippen LogP contribution in [0.1, 0.15) is 31.1 Å². The van der Waals surface area contributed by atoms with Gasteiger partial charge in [0.2, 0.25) is 0 Å². The normalized spacial score (nSPS) is 10.1. The number of ether oxygens (including phenoxy) is 2. The summed E-state index contributed by atoms with van der Waals surface area (Å²) in [5.74, 6) is -1.02. The summed E-state index contributed by atoms with van der Waals surface area (Å²) in [6.45, 7) is 0. The lowest BCUT2D eigenvalue weighted by Gasteiger charge is -2.20. The highest BCUT2D eigenvalue weighted by atomic mass is 16.5. The van der Waals surface area contributed by atoms with Gasteiger partial charge in [-0.25, -0.2) is 4.90 Å². The number of nitrogens with zero attached hydrogens (tertiary/aromatic N) is 1. The molecule has 0 heterocycles. The quantitative estimate of drug-likeness (QED) is 0.620. The van der Waals surface area contributed by atoms with E-state index in [1.165, 1.54) is 38.5 Å². The fourth-order valence-corrected chi connectivity index (χ4v) is 2.71. The van der Waals surface area contributed by atoms with Crippen molar-refractivity contribution in [1.29, 1.82) is 0 Å². The molecule has 3 aromatic carbocycles. The summed E-state index contributed by atoms with van der Waals surface area (Å²) < 4.78 is 10.2. The molecule has 0 aliphatic rings. The van der Waals surface area contributed by atoms with Crippen molar-refractivity contribution in [3.63, 3.8) is 0 Å². The van der Waals surface area contributed by atoms with E-state index in [-0.39, 0.29) is 16.7 Å². The van der Waals surface area contributed by atoms with E-state index in [1.807, 2.05) is 0 Å². The minimum Gasteiger partial charge on any atom is -0.497 e. The maximum Gasteiger partial charge on any atom is 0.267 e. The van der Waals surface area contributed by atoms with Crippen LogP contribution in [0.4, 0.5) is 0 Å². The fourth-order valence-electron chi connectivity index (χ4n) is 2.71. The van der Waals surface area contributed by atoms with E-state index in [0.717, 1.165) is 0 Å². The van der Waals surface area contributed by atoms with Gasteiger partial charge >= 0.3 is 0 Å². The molecule has 3 amide bonds. The molecule has 0 saturated heterocycles. The van der Waals surface area contributed by atoms with Gasteiger partial charge in [0.05, 0.1) is 14.2 Å². The van der Waals surface area contributed by atoms with Gasteiger partial charge in [-0.3, -0.25) is 14.4 Å². The zero-order valence-electron chi connectivity index (χ0n) is 16.0. The molecular weight excluding hydrogens is 370 g/mol. The highest BCUT2D eigenvalue weighted by molar-refractivity contribution is 6.24. The van der Waals surface area contributed by atoms with Gasteiger partial charge in [-0.15, -0.1) is 0 Å². The van der Waals surface area contributed by atoms with E-state index in [4.69, 9.17) is 9.47 Å². The van der Waals surface area contributed by atoms with Crippen LogP contribution in [-0.2, 0) is 0 Å². The number of imide groups is 3. The third-order valence-corrected chi connectivity index (χ3v) is 4.30. The summed E-state index contributed by atoms with van der Waals surface area (Å²) in [6, 6.07) is 20.6. The highest BCUT2D eigenvalue weighted by Gasteiger charge is 2.31. The van der Waals surface area contributed by atoms with Gasteiger partial charge in [0, 0.05) is 16.7 Å². The van der Waals surface area contributed by atoms with E-state index in [0.29, 0.717) is 16.4 Å². The Morgan fingerprint density at radius 3 is 1.24 bits per heavy atom. The fraction of sp³-hybridized carbons (Fsp3) is 0.0870. The average molecular weight is 389 g/mol. The summed E-state index contributed by atoms with van der Waals surface area (Å²) in [5.41, 5.74) is 0.616. The minimum absolute atomic E-state index is 0.192. The lowest BCUT2D eigenvalue weighted by atomic mass is 10.1. The van der Waals surface area contributed by atoms with Gasteiger partial charge in [-0.2, -0.15) is 0 Å². The topological polar surface area (TPSA) is 72.9 Å². The Balaban J connectivity index is 2.01. The van der Waals surface area contributed by atoms with Crippen molar-refractivity contribution in [3.8, 4) is 11.5 Å². The predicted molar refractivity (Wildman–Crippen MR) is 107 cm³/mol. The molecule has 0 radical (unpaired) electrons. The molecular formula is C23H19NO5. The number of amides is 3. The average Bonchev–Trinajstić information content (AvgIpc) is 2.79. The van der Waals surface area contributed by atoms with Crippen molar-refractivity contribution in [2.45, 2.75) is 0 Å². The van der Waals surface area contributed by atoms with Crippen LogP contribution in [0.2, 0.25) is 0 Å². The monoisotopic (exact) mass is 389 g/mol. The maximum atomic E-state index is 13.1. The van der Waals surface area contributed by atoms with Gasteiger partial charge < -0.3 is 9.47 Å². The van der Waals surface area contributed by atoms with Crippen molar-refractivity contribution in [2.75, 3.05) is 14.2 Å². The molecule has 0 atom stereocenters. The number of carbonyl (C=O) groups is 3. The Labute approximate surface area is 168 Å². The first kappa shape index (κ1) is 19.8. The molecule has 0 unspecified atom stereocenters. The number of rotatable bonds is 5. The molecule has 0 bridgehead atoms. The first-order valence-electron chi connectivity index (χ1n) is 8.81. The Bertz CT molecular complexity index is 952. The second-order valence-corrected chi connectivity index (χ2v) is 6.07. The van der Waals surface area contributed by atoms with Crippen LogP contribution < -0.4 is 9.47 Å². The first-order valence-corrected chi connectivity index (χ1v) is 8.81. The van der Waals surface area contributed by atoms with Gasteiger partial charge in [0.1, 0.15) is 11.5 Å². The smallest absolute Gasteiger partial charge is 0.267 e. The second-order valence-electron chi connectivity index (χ2n) is 6.07. The van der Waals surface area contributed by atoms with Crippen molar-refractivity contribution in [3.05, 3.63) is 95.6 Å². The summed E-state index contributed by atoms with van der Waals surface area (Å²) in [7, 11) is 3.02. The Kier molecular flexibility index (Phi) is 6.04. The number of carbonyl (C=O) groups excluding carboxylic acids is 3. The first-order chi connectivity index (χ1) is 14.0. The zero-order chi connectivity index (χ0) is 20.8. The van der Waals surface area contributed by atoms with Gasteiger partial charge in [0.25, 0.3) is 17.7 Å². The highest BCUT2D eigenvalue weighted by Crippen LogP contribution is 2.19. The minimum atomic E-state index is -0.720. The molecule has 0 aromatic heterocycles. The van der Waals surface area contributed by atoms with E-state index in [2.05, 4.69) is 0 Å². The van der Waals surface area contributed by atoms with Crippen LogP contribution >= 0.6 is 0 Å². The molecule has 3 rings (SSSR count). The number of benzene rings is 3. The standard InChI is InChI=1S/C23H19NO5/c1-28-19-12-8-17(9-13-19)22(26)24(21(25)16-6-4-3-5-7-16)23(27)18-10-14-20(29-2)15-11-18/h3-15H,1-2H3. The summed E-state index contributed by atoms with van der Waals surface area (Å²) in [5, 5.41) is 0. The molecule has 0 aliphatic heterocycles. The molecule has 29 heavy (non-hydrogen) atoms. The number of methoxy groups -OCH3 is 2. The van der Waals surface area contributed by atoms with Crippen LogP contribution in [-0.4, -0.2) is 36.8 Å². The van der Waals surface area contributed by atoms with E-state index in [1.54, 1.807) is 54.6 Å². The molecule has 3 aromatic rings. The lowest BCUT2D eigenvalue weighted by molar-refractivity contribution is 0.0538. The molecule has 146 valence electrons. The summed E-state index contributed by atoms with van der Waals surface area (Å²) >= 11 is 0. The van der Waals surface area contributed by atoms with Crippen molar-refractivity contribution < 1.29 is 23.9 Å². The Morgan fingerprint density at radius 2 is 0.897 bits per heavy atom. The summed E-state index contributed by atoms with van der Waals surface area (Å²) in [4.78, 5) is 39.9. The molecule has 0 aliphatic carbocycles. The second kappa shape index (κ2) is 8.84. The van der Waals surface area contributed by atoms with Crippen molar-refractivity contribution >= 4 is 17.7 Å². The molecule has 0 spiro atoms. The summed E-state index contributed by atoms with van der Waals surface area (Å²) in [6.07, 6.45) is 0. The van der Waals surface area contributed by atoms with Crippen molar-refractivity contribution in [1.82, 2.24) is 4.90 Å². The van der Waals surface area contributed by atoms with E-state index >= 15 is 0 Å². The number of hydrogen-bond acceptors (Lipinski definition) is 5. The number of hydrogen-bond donors (Lipinski definition) is 0. The van der Waals surface area contributed by atoms with E-state index in [9.17, 15) is 14.4 Å². The van der Waals surface area contributed by atoms with Crippen LogP contribution in [0.15, 0.2) is 78.9 Å². The van der Waals surface area contributed by atoms with Gasteiger partial charge in [-0.05, 0) is 60.7 Å². The molecule has 0 fully saturated rings. The third kappa shape index (κ3) is 4.32. The van der Waals surface area contributed by atoms with Crippen LogP contribution in [0, 0.1) is 0 Å². The lowest BCUT2D eigenvalue weighted by Crippen LogP contribution is -2.42. The zero-order valence-corrected chi connectivity index (χ0v) is 16.0.